The molecule has 1 rings (SSSR count). The number of hydrogen-bond acceptors (Lipinski definition) is 6. The number of benzene rings is 1. The van der Waals surface area contributed by atoms with Crippen LogP contribution < -0.4 is 10.2 Å². The number of amides is 1. The zero-order valence-electron chi connectivity index (χ0n) is 14.5. The van der Waals surface area contributed by atoms with Crippen LogP contribution in [0.4, 0.5) is 11.4 Å². The Bertz CT molecular complexity index is 714. The summed E-state index contributed by atoms with van der Waals surface area (Å²) in [5.74, 6) is -1.03. The molecule has 0 aliphatic heterocycles. The van der Waals surface area contributed by atoms with Gasteiger partial charge in [-0.3, -0.25) is 9.59 Å². The maximum absolute atomic E-state index is 12.2. The SMILES string of the molecule is CCC(=O)OCC(=O)Nc1cc(S(=O)(=O)N(C)C)ccc1N(C)C. The molecule has 0 radical (unpaired) electrons. The fraction of sp³-hybridized carbons (Fsp3) is 0.467. The molecule has 0 unspecified atom stereocenters. The molecule has 0 saturated heterocycles. The first kappa shape index (κ1) is 19.9. The van der Waals surface area contributed by atoms with Gasteiger partial charge >= 0.3 is 5.97 Å². The van der Waals surface area contributed by atoms with E-state index in [1.54, 1.807) is 32.0 Å². The third-order valence-corrected chi connectivity index (χ3v) is 4.97. The van der Waals surface area contributed by atoms with Gasteiger partial charge in [0.2, 0.25) is 10.0 Å². The number of esters is 1. The number of carbonyl (C=O) groups excluding carboxylic acids is 2. The first-order chi connectivity index (χ1) is 11.1. The second-order valence-corrected chi connectivity index (χ2v) is 7.58. The Labute approximate surface area is 142 Å². The Kier molecular flexibility index (Phi) is 6.73. The van der Waals surface area contributed by atoms with Crippen LogP contribution in [0.15, 0.2) is 23.1 Å². The third-order valence-electron chi connectivity index (χ3n) is 3.16. The van der Waals surface area contributed by atoms with Gasteiger partial charge in [0, 0.05) is 34.6 Å². The molecule has 1 aromatic carbocycles. The summed E-state index contributed by atoms with van der Waals surface area (Å²) in [4.78, 5) is 24.8. The molecule has 0 heterocycles. The highest BCUT2D eigenvalue weighted by Gasteiger charge is 2.20. The van der Waals surface area contributed by atoms with E-state index in [1.165, 1.54) is 26.2 Å². The molecule has 0 aromatic heterocycles. The first-order valence-corrected chi connectivity index (χ1v) is 8.73. The Morgan fingerprint density at radius 2 is 1.79 bits per heavy atom. The number of carbonyl (C=O) groups is 2. The third kappa shape index (κ3) is 4.93. The normalized spacial score (nSPS) is 11.2. The predicted octanol–water partition coefficient (Wildman–Crippen LogP) is 0.895. The molecule has 8 nitrogen and oxygen atoms in total. The van der Waals surface area contributed by atoms with E-state index in [9.17, 15) is 18.0 Å². The molecular formula is C15H23N3O5S. The van der Waals surface area contributed by atoms with Gasteiger partial charge in [0.15, 0.2) is 6.61 Å². The quantitative estimate of drug-likeness (QED) is 0.728. The van der Waals surface area contributed by atoms with Crippen LogP contribution in [0.1, 0.15) is 13.3 Å². The maximum Gasteiger partial charge on any atom is 0.306 e. The van der Waals surface area contributed by atoms with Crippen molar-refractivity contribution < 1.29 is 22.7 Å². The summed E-state index contributed by atoms with van der Waals surface area (Å²) in [5, 5.41) is 2.58. The number of anilines is 2. The molecule has 24 heavy (non-hydrogen) atoms. The van der Waals surface area contributed by atoms with Crippen LogP contribution in [0.3, 0.4) is 0 Å². The zero-order valence-corrected chi connectivity index (χ0v) is 15.3. The lowest BCUT2D eigenvalue weighted by molar-refractivity contribution is -0.146. The van der Waals surface area contributed by atoms with Crippen LogP contribution in [0.5, 0.6) is 0 Å². The average Bonchev–Trinajstić information content (AvgIpc) is 2.51. The second-order valence-electron chi connectivity index (χ2n) is 5.42. The zero-order chi connectivity index (χ0) is 18.5. The van der Waals surface area contributed by atoms with E-state index in [0.717, 1.165) is 4.31 Å². The van der Waals surface area contributed by atoms with Crippen LogP contribution in [-0.2, 0) is 24.3 Å². The van der Waals surface area contributed by atoms with Gasteiger partial charge in [-0.2, -0.15) is 0 Å². The van der Waals surface area contributed by atoms with Gasteiger partial charge in [0.25, 0.3) is 5.91 Å². The van der Waals surface area contributed by atoms with Crippen molar-refractivity contribution in [1.82, 2.24) is 4.31 Å². The molecule has 1 aromatic rings. The lowest BCUT2D eigenvalue weighted by Gasteiger charge is -2.20. The summed E-state index contributed by atoms with van der Waals surface area (Å²) in [6.07, 6.45) is 0.173. The minimum absolute atomic E-state index is 0.0546. The number of hydrogen-bond donors (Lipinski definition) is 1. The van der Waals surface area contributed by atoms with E-state index in [4.69, 9.17) is 4.74 Å². The van der Waals surface area contributed by atoms with E-state index in [2.05, 4.69) is 5.32 Å². The number of nitrogens with one attached hydrogen (secondary N) is 1. The first-order valence-electron chi connectivity index (χ1n) is 7.29. The molecule has 1 amide bonds. The molecular weight excluding hydrogens is 334 g/mol. The van der Waals surface area contributed by atoms with Gasteiger partial charge in [0.1, 0.15) is 0 Å². The van der Waals surface area contributed by atoms with Crippen molar-refractivity contribution in [2.24, 2.45) is 0 Å². The molecule has 9 heteroatoms. The highest BCUT2D eigenvalue weighted by Crippen LogP contribution is 2.28. The lowest BCUT2D eigenvalue weighted by atomic mass is 10.2. The topological polar surface area (TPSA) is 96.0 Å². The van der Waals surface area contributed by atoms with Crippen molar-refractivity contribution in [3.8, 4) is 0 Å². The van der Waals surface area contributed by atoms with E-state index in [1.807, 2.05) is 0 Å². The summed E-state index contributed by atoms with van der Waals surface area (Å²) in [5.41, 5.74) is 0.948. The number of sulfonamides is 1. The van der Waals surface area contributed by atoms with Gasteiger partial charge < -0.3 is 15.0 Å². The van der Waals surface area contributed by atoms with E-state index in [0.29, 0.717) is 11.4 Å². The minimum Gasteiger partial charge on any atom is -0.456 e. The van der Waals surface area contributed by atoms with Crippen LogP contribution in [-0.4, -0.2) is 59.4 Å². The summed E-state index contributed by atoms with van der Waals surface area (Å²) in [7, 11) is 2.76. The smallest absolute Gasteiger partial charge is 0.306 e. The summed E-state index contributed by atoms with van der Waals surface area (Å²) >= 11 is 0. The standard InChI is InChI=1S/C15H23N3O5S/c1-6-15(20)23-10-14(19)16-12-9-11(24(21,22)18(4)5)7-8-13(12)17(2)3/h7-9H,6,10H2,1-5H3,(H,16,19). The lowest BCUT2D eigenvalue weighted by Crippen LogP contribution is -2.24. The molecule has 1 N–H and O–H groups in total. The van der Waals surface area contributed by atoms with Crippen molar-refractivity contribution in [3.05, 3.63) is 18.2 Å². The molecule has 0 aliphatic carbocycles. The van der Waals surface area contributed by atoms with Gasteiger partial charge in [-0.15, -0.1) is 0 Å². The minimum atomic E-state index is -3.63. The van der Waals surface area contributed by atoms with Crippen LogP contribution in [0.25, 0.3) is 0 Å². The Morgan fingerprint density at radius 1 is 1.17 bits per heavy atom. The largest absolute Gasteiger partial charge is 0.456 e. The Hall–Kier alpha value is -2.13. The molecule has 0 saturated carbocycles. The fourth-order valence-electron chi connectivity index (χ4n) is 1.81. The van der Waals surface area contributed by atoms with E-state index < -0.39 is 28.5 Å². The molecule has 0 aliphatic rings. The number of rotatable bonds is 7. The van der Waals surface area contributed by atoms with Crippen molar-refractivity contribution in [2.45, 2.75) is 18.2 Å². The highest BCUT2D eigenvalue weighted by atomic mass is 32.2. The number of nitrogens with zero attached hydrogens (tertiary/aromatic N) is 2. The van der Waals surface area contributed by atoms with Crippen LogP contribution in [0, 0.1) is 0 Å². The van der Waals surface area contributed by atoms with Gasteiger partial charge in [0.05, 0.1) is 16.3 Å². The van der Waals surface area contributed by atoms with Crippen molar-refractivity contribution >= 4 is 33.3 Å². The fourth-order valence-corrected chi connectivity index (χ4v) is 2.74. The monoisotopic (exact) mass is 357 g/mol. The van der Waals surface area contributed by atoms with Gasteiger partial charge in [-0.25, -0.2) is 12.7 Å². The molecule has 0 spiro atoms. The molecule has 0 bridgehead atoms. The van der Waals surface area contributed by atoms with Crippen LogP contribution in [0.2, 0.25) is 0 Å². The molecule has 134 valence electrons. The Balaban J connectivity index is 3.10. The summed E-state index contributed by atoms with van der Waals surface area (Å²) < 4.78 is 30.3. The van der Waals surface area contributed by atoms with E-state index >= 15 is 0 Å². The predicted molar refractivity (Wildman–Crippen MR) is 91.5 cm³/mol. The maximum atomic E-state index is 12.2. The van der Waals surface area contributed by atoms with Crippen LogP contribution >= 0.6 is 0 Å². The summed E-state index contributed by atoms with van der Waals surface area (Å²) in [6, 6.07) is 4.45. The van der Waals surface area contributed by atoms with Gasteiger partial charge in [-0.1, -0.05) is 6.92 Å². The van der Waals surface area contributed by atoms with Gasteiger partial charge in [-0.05, 0) is 18.2 Å². The average molecular weight is 357 g/mol. The molecule has 0 fully saturated rings. The van der Waals surface area contributed by atoms with E-state index in [-0.39, 0.29) is 11.3 Å². The summed E-state index contributed by atoms with van der Waals surface area (Å²) in [6.45, 7) is 1.20. The highest BCUT2D eigenvalue weighted by molar-refractivity contribution is 7.89. The van der Waals surface area contributed by atoms with Crippen molar-refractivity contribution in [3.63, 3.8) is 0 Å². The second kappa shape index (κ2) is 8.11. The molecule has 0 atom stereocenters. The number of ether oxygens (including phenoxy) is 1. The van der Waals surface area contributed by atoms with Crippen molar-refractivity contribution in [1.29, 1.82) is 0 Å². The Morgan fingerprint density at radius 3 is 2.29 bits per heavy atom. The van der Waals surface area contributed by atoms with Crippen molar-refractivity contribution in [2.75, 3.05) is 45.0 Å².